The van der Waals surface area contributed by atoms with E-state index < -0.39 is 0 Å². The van der Waals surface area contributed by atoms with Crippen LogP contribution >= 0.6 is 11.8 Å². The van der Waals surface area contributed by atoms with Gasteiger partial charge in [0.15, 0.2) is 5.16 Å². The quantitative estimate of drug-likeness (QED) is 0.253. The third-order valence-electron chi connectivity index (χ3n) is 5.00. The highest BCUT2D eigenvalue weighted by Crippen LogP contribution is 2.22. The molecule has 2 aromatic carbocycles. The van der Waals surface area contributed by atoms with Gasteiger partial charge in [0.1, 0.15) is 11.5 Å². The van der Waals surface area contributed by atoms with Gasteiger partial charge in [0, 0.05) is 25.5 Å². The molecule has 0 aliphatic heterocycles. The zero-order valence-electron chi connectivity index (χ0n) is 18.2. The van der Waals surface area contributed by atoms with Crippen LogP contribution in [0.4, 0.5) is 0 Å². The zero-order chi connectivity index (χ0) is 22.3. The molecule has 8 nitrogen and oxygen atoms in total. The van der Waals surface area contributed by atoms with Crippen LogP contribution in [0.25, 0.3) is 16.7 Å². The number of methoxy groups -OCH3 is 1. The number of nitrogens with zero attached hydrogens (tertiary/aromatic N) is 4. The first kappa shape index (κ1) is 22.2. The molecule has 0 unspecified atom stereocenters. The molecule has 2 aromatic heterocycles. The monoisotopic (exact) mass is 454 g/mol. The fourth-order valence-electron chi connectivity index (χ4n) is 3.46. The lowest BCUT2D eigenvalue weighted by Crippen LogP contribution is -2.24. The molecule has 0 aliphatic carbocycles. The van der Waals surface area contributed by atoms with Crippen LogP contribution in [0.15, 0.2) is 58.5 Å². The Bertz CT molecular complexity index is 1240. The summed E-state index contributed by atoms with van der Waals surface area (Å²) in [5.41, 5.74) is 0.744. The summed E-state index contributed by atoms with van der Waals surface area (Å²) < 4.78 is 20.1. The number of aryl methyl sites for hydroxylation is 1. The molecule has 0 N–H and O–H groups in total. The minimum absolute atomic E-state index is 0.0589. The van der Waals surface area contributed by atoms with Gasteiger partial charge in [-0.25, -0.2) is 0 Å². The van der Waals surface area contributed by atoms with E-state index in [-0.39, 0.29) is 5.56 Å². The number of hydrogen-bond donors (Lipinski definition) is 0. The molecule has 4 aromatic rings. The third kappa shape index (κ3) is 4.73. The standard InChI is InChI=1S/C23H26N4O4S/c1-3-30-14-6-13-26-21(28)19-7-4-5-8-20(19)27-22(26)24-25-23(27)32-16-15-31-18-11-9-17(29-2)10-12-18/h4-5,7-12H,3,6,13-16H2,1-2H3. The van der Waals surface area contributed by atoms with Gasteiger partial charge in [-0.05, 0) is 49.7 Å². The molecule has 0 aliphatic rings. The number of hydrogen-bond acceptors (Lipinski definition) is 7. The smallest absolute Gasteiger partial charge is 0.262 e. The van der Waals surface area contributed by atoms with Gasteiger partial charge in [-0.15, -0.1) is 10.2 Å². The second-order valence-electron chi connectivity index (χ2n) is 7.01. The molecule has 0 saturated carbocycles. The number of aromatic nitrogens is 4. The maximum atomic E-state index is 13.1. The second-order valence-corrected chi connectivity index (χ2v) is 8.08. The van der Waals surface area contributed by atoms with E-state index in [9.17, 15) is 4.79 Å². The summed E-state index contributed by atoms with van der Waals surface area (Å²) in [5.74, 6) is 2.81. The molecule has 0 atom stereocenters. The van der Waals surface area contributed by atoms with E-state index in [1.54, 1.807) is 23.4 Å². The first-order valence-electron chi connectivity index (χ1n) is 10.6. The summed E-state index contributed by atoms with van der Waals surface area (Å²) in [6.07, 6.45) is 0.729. The Morgan fingerprint density at radius 3 is 2.56 bits per heavy atom. The van der Waals surface area contributed by atoms with Crippen molar-refractivity contribution in [2.45, 2.75) is 25.0 Å². The molecule has 32 heavy (non-hydrogen) atoms. The van der Waals surface area contributed by atoms with Gasteiger partial charge in [-0.1, -0.05) is 23.9 Å². The van der Waals surface area contributed by atoms with Crippen molar-refractivity contribution < 1.29 is 14.2 Å². The van der Waals surface area contributed by atoms with Crippen molar-refractivity contribution in [1.82, 2.24) is 19.2 Å². The fraction of sp³-hybridized carbons (Fsp3) is 0.348. The van der Waals surface area contributed by atoms with Crippen LogP contribution in [0.5, 0.6) is 11.5 Å². The Morgan fingerprint density at radius 2 is 1.78 bits per heavy atom. The van der Waals surface area contributed by atoms with Crippen molar-refractivity contribution in [3.8, 4) is 11.5 Å². The molecule has 4 rings (SSSR count). The summed E-state index contributed by atoms with van der Waals surface area (Å²) >= 11 is 1.54. The summed E-state index contributed by atoms with van der Waals surface area (Å²) in [5, 5.41) is 10.1. The van der Waals surface area contributed by atoms with E-state index in [0.717, 1.165) is 28.6 Å². The minimum atomic E-state index is -0.0589. The molecule has 0 saturated heterocycles. The van der Waals surface area contributed by atoms with Gasteiger partial charge < -0.3 is 14.2 Å². The van der Waals surface area contributed by atoms with Crippen molar-refractivity contribution in [3.05, 3.63) is 58.9 Å². The number of ether oxygens (including phenoxy) is 3. The van der Waals surface area contributed by atoms with Crippen molar-refractivity contribution in [2.75, 3.05) is 32.7 Å². The maximum Gasteiger partial charge on any atom is 0.262 e. The number of fused-ring (bicyclic) bond motifs is 3. The molecule has 2 heterocycles. The van der Waals surface area contributed by atoms with E-state index in [4.69, 9.17) is 14.2 Å². The Labute approximate surface area is 190 Å². The normalized spacial score (nSPS) is 11.3. The molecule has 0 amide bonds. The van der Waals surface area contributed by atoms with Crippen LogP contribution in [0.1, 0.15) is 13.3 Å². The van der Waals surface area contributed by atoms with Crippen molar-refractivity contribution in [1.29, 1.82) is 0 Å². The molecular formula is C23H26N4O4S. The largest absolute Gasteiger partial charge is 0.497 e. The van der Waals surface area contributed by atoms with E-state index >= 15 is 0 Å². The minimum Gasteiger partial charge on any atom is -0.497 e. The van der Waals surface area contributed by atoms with Crippen molar-refractivity contribution in [2.24, 2.45) is 0 Å². The third-order valence-corrected chi connectivity index (χ3v) is 5.89. The first-order chi connectivity index (χ1) is 15.7. The van der Waals surface area contributed by atoms with E-state index in [1.165, 1.54) is 0 Å². The predicted molar refractivity (Wildman–Crippen MR) is 125 cm³/mol. The van der Waals surface area contributed by atoms with Crippen LogP contribution < -0.4 is 15.0 Å². The lowest BCUT2D eigenvalue weighted by molar-refractivity contribution is 0.141. The predicted octanol–water partition coefficient (Wildman–Crippen LogP) is 3.65. The SMILES string of the molecule is CCOCCCn1c(=O)c2ccccc2n2c(SCCOc3ccc(OC)cc3)nnc12. The number of benzene rings is 2. The average Bonchev–Trinajstić information content (AvgIpc) is 3.25. The summed E-state index contributed by atoms with van der Waals surface area (Å²) in [7, 11) is 1.64. The first-order valence-corrected chi connectivity index (χ1v) is 11.6. The van der Waals surface area contributed by atoms with Gasteiger partial charge in [-0.2, -0.15) is 0 Å². The maximum absolute atomic E-state index is 13.1. The lowest BCUT2D eigenvalue weighted by Gasteiger charge is -2.11. The van der Waals surface area contributed by atoms with Gasteiger partial charge >= 0.3 is 0 Å². The Kier molecular flexibility index (Phi) is 7.28. The number of thioether (sulfide) groups is 1. The Hall–Kier alpha value is -3.04. The van der Waals surface area contributed by atoms with Gasteiger partial charge in [0.05, 0.1) is 24.6 Å². The molecule has 0 fully saturated rings. The fourth-order valence-corrected chi connectivity index (χ4v) is 4.22. The highest BCUT2D eigenvalue weighted by Gasteiger charge is 2.16. The van der Waals surface area contributed by atoms with Crippen LogP contribution in [-0.2, 0) is 11.3 Å². The molecule has 0 spiro atoms. The zero-order valence-corrected chi connectivity index (χ0v) is 19.0. The van der Waals surface area contributed by atoms with Crippen LogP contribution in [0.2, 0.25) is 0 Å². The van der Waals surface area contributed by atoms with Gasteiger partial charge in [0.25, 0.3) is 5.56 Å². The molecule has 0 bridgehead atoms. The second kappa shape index (κ2) is 10.5. The van der Waals surface area contributed by atoms with Gasteiger partial charge in [0.2, 0.25) is 5.78 Å². The topological polar surface area (TPSA) is 79.9 Å². The Morgan fingerprint density at radius 1 is 1.00 bits per heavy atom. The summed E-state index contributed by atoms with van der Waals surface area (Å²) in [4.78, 5) is 13.1. The number of rotatable bonds is 11. The number of para-hydroxylation sites is 1. The molecule has 168 valence electrons. The van der Waals surface area contributed by atoms with Crippen molar-refractivity contribution >= 4 is 28.4 Å². The average molecular weight is 455 g/mol. The lowest BCUT2D eigenvalue weighted by atomic mass is 10.2. The molecular weight excluding hydrogens is 428 g/mol. The summed E-state index contributed by atoms with van der Waals surface area (Å²) in [6.45, 7) is 4.25. The summed E-state index contributed by atoms with van der Waals surface area (Å²) in [6, 6.07) is 15.1. The molecule has 0 radical (unpaired) electrons. The van der Waals surface area contributed by atoms with E-state index in [1.807, 2.05) is 59.9 Å². The Balaban J connectivity index is 1.54. The van der Waals surface area contributed by atoms with Crippen LogP contribution in [0, 0.1) is 0 Å². The van der Waals surface area contributed by atoms with E-state index in [0.29, 0.717) is 43.3 Å². The molecule has 9 heteroatoms. The van der Waals surface area contributed by atoms with Crippen LogP contribution in [-0.4, -0.2) is 51.8 Å². The van der Waals surface area contributed by atoms with Gasteiger partial charge in [-0.3, -0.25) is 13.8 Å². The van der Waals surface area contributed by atoms with Crippen molar-refractivity contribution in [3.63, 3.8) is 0 Å². The highest BCUT2D eigenvalue weighted by atomic mass is 32.2. The van der Waals surface area contributed by atoms with Crippen LogP contribution in [0.3, 0.4) is 0 Å². The van der Waals surface area contributed by atoms with E-state index in [2.05, 4.69) is 10.2 Å². The highest BCUT2D eigenvalue weighted by molar-refractivity contribution is 7.99.